The van der Waals surface area contributed by atoms with Crippen molar-refractivity contribution in [1.29, 1.82) is 0 Å². The van der Waals surface area contributed by atoms with Crippen LogP contribution in [0.2, 0.25) is 0 Å². The Kier molecular flexibility index (Phi) is 3.89. The molecule has 0 spiro atoms. The number of nitrogens with zero attached hydrogens (tertiary/aromatic N) is 2. The van der Waals surface area contributed by atoms with E-state index in [1.54, 1.807) is 0 Å². The Bertz CT molecular complexity index is 710. The summed E-state index contributed by atoms with van der Waals surface area (Å²) in [6, 6.07) is 3.26. The van der Waals surface area contributed by atoms with Crippen molar-refractivity contribution in [2.45, 2.75) is 0 Å². The van der Waals surface area contributed by atoms with Crippen LogP contribution in [0, 0.1) is 27.6 Å². The van der Waals surface area contributed by atoms with E-state index >= 15 is 0 Å². The van der Waals surface area contributed by atoms with Gasteiger partial charge in [0.1, 0.15) is 11.6 Å². The zero-order valence-electron chi connectivity index (χ0n) is 10.2. The molecule has 21 heavy (non-hydrogen) atoms. The number of rotatable bonds is 4. The normalized spacial score (nSPS) is 10.3. The van der Waals surface area contributed by atoms with E-state index in [9.17, 15) is 23.3 Å². The predicted octanol–water partition coefficient (Wildman–Crippen LogP) is 2.44. The van der Waals surface area contributed by atoms with E-state index in [-0.39, 0.29) is 5.82 Å². The number of anilines is 3. The fourth-order valence-corrected chi connectivity index (χ4v) is 1.55. The van der Waals surface area contributed by atoms with E-state index in [0.717, 1.165) is 6.07 Å². The smallest absolute Gasteiger partial charge is 0.311 e. The number of nitro groups is 1. The van der Waals surface area contributed by atoms with Gasteiger partial charge in [-0.1, -0.05) is 0 Å². The monoisotopic (exact) mass is 299 g/mol. The summed E-state index contributed by atoms with van der Waals surface area (Å²) in [4.78, 5) is 13.8. The zero-order valence-corrected chi connectivity index (χ0v) is 10.2. The molecule has 2 rings (SSSR count). The number of hydrazine groups is 1. The Morgan fingerprint density at radius 2 is 1.95 bits per heavy atom. The van der Waals surface area contributed by atoms with Crippen LogP contribution in [0.5, 0.6) is 0 Å². The Labute approximate surface area is 115 Å². The van der Waals surface area contributed by atoms with Gasteiger partial charge < -0.3 is 10.7 Å². The molecule has 10 heteroatoms. The van der Waals surface area contributed by atoms with Gasteiger partial charge >= 0.3 is 5.69 Å². The highest BCUT2D eigenvalue weighted by molar-refractivity contribution is 5.68. The Morgan fingerprint density at radius 3 is 2.57 bits per heavy atom. The van der Waals surface area contributed by atoms with Crippen LogP contribution < -0.4 is 16.6 Å². The highest BCUT2D eigenvalue weighted by Crippen LogP contribution is 2.29. The van der Waals surface area contributed by atoms with Gasteiger partial charge in [0.2, 0.25) is 5.82 Å². The van der Waals surface area contributed by atoms with Gasteiger partial charge in [0.15, 0.2) is 11.6 Å². The van der Waals surface area contributed by atoms with Gasteiger partial charge in [0, 0.05) is 18.2 Å². The van der Waals surface area contributed by atoms with Crippen molar-refractivity contribution in [2.75, 3.05) is 10.7 Å². The average molecular weight is 299 g/mol. The third-order valence-electron chi connectivity index (χ3n) is 2.46. The zero-order chi connectivity index (χ0) is 15.6. The molecule has 0 radical (unpaired) electrons. The Hall–Kier alpha value is -2.88. The van der Waals surface area contributed by atoms with Gasteiger partial charge in [-0.2, -0.15) is 0 Å². The summed E-state index contributed by atoms with van der Waals surface area (Å²) in [5, 5.41) is 13.0. The molecule has 4 N–H and O–H groups in total. The summed E-state index contributed by atoms with van der Waals surface area (Å²) in [5.74, 6) is 0.861. The number of halogens is 3. The van der Waals surface area contributed by atoms with E-state index in [1.807, 2.05) is 0 Å². The summed E-state index contributed by atoms with van der Waals surface area (Å²) in [5.41, 5.74) is 0.998. The topological polar surface area (TPSA) is 106 Å². The largest absolute Gasteiger partial charge is 0.332 e. The molecule has 0 aliphatic heterocycles. The Morgan fingerprint density at radius 1 is 1.24 bits per heavy atom. The lowest BCUT2D eigenvalue weighted by atomic mass is 10.2. The molecule has 2 aromatic rings. The molecular formula is C11H8F3N5O2. The van der Waals surface area contributed by atoms with Gasteiger partial charge in [-0.05, 0) is 6.07 Å². The van der Waals surface area contributed by atoms with Crippen LogP contribution in [0.25, 0.3) is 0 Å². The first-order valence-electron chi connectivity index (χ1n) is 5.46. The van der Waals surface area contributed by atoms with E-state index in [2.05, 4.69) is 15.7 Å². The van der Waals surface area contributed by atoms with Gasteiger partial charge in [0.05, 0.1) is 10.6 Å². The minimum atomic E-state index is -1.44. The maximum absolute atomic E-state index is 13.5. The summed E-state index contributed by atoms with van der Waals surface area (Å²) in [6.07, 6.45) is 0. The number of pyridine rings is 1. The molecular weight excluding hydrogens is 291 g/mol. The van der Waals surface area contributed by atoms with Crippen molar-refractivity contribution in [3.8, 4) is 0 Å². The van der Waals surface area contributed by atoms with Crippen LogP contribution in [-0.2, 0) is 0 Å². The standard InChI is InChI=1S/C11H8F3N5O2/c12-5-3-6(13)10(14)7(4-5)16-11-8(19(20)21)1-2-9(17-11)18-15/h1-4H,15H2,(H2,16,17,18). The van der Waals surface area contributed by atoms with Crippen LogP contribution in [-0.4, -0.2) is 9.91 Å². The SMILES string of the molecule is NNc1ccc([N+](=O)[O-])c(Nc2cc(F)cc(F)c2F)n1. The van der Waals surface area contributed by atoms with Gasteiger partial charge in [-0.3, -0.25) is 10.1 Å². The average Bonchev–Trinajstić information content (AvgIpc) is 2.43. The first-order valence-corrected chi connectivity index (χ1v) is 5.46. The van der Waals surface area contributed by atoms with E-state index < -0.39 is 39.6 Å². The second kappa shape index (κ2) is 5.63. The van der Waals surface area contributed by atoms with Crippen molar-refractivity contribution < 1.29 is 18.1 Å². The molecule has 0 atom stereocenters. The molecule has 0 aliphatic rings. The number of nitrogens with one attached hydrogen (secondary N) is 2. The molecule has 1 aromatic heterocycles. The van der Waals surface area contributed by atoms with Crippen LogP contribution in [0.3, 0.4) is 0 Å². The first kappa shape index (κ1) is 14.5. The van der Waals surface area contributed by atoms with Crippen molar-refractivity contribution in [2.24, 2.45) is 5.84 Å². The van der Waals surface area contributed by atoms with Crippen molar-refractivity contribution in [3.63, 3.8) is 0 Å². The molecule has 0 fully saturated rings. The molecule has 0 unspecified atom stereocenters. The lowest BCUT2D eigenvalue weighted by molar-refractivity contribution is -0.384. The lowest BCUT2D eigenvalue weighted by Gasteiger charge is -2.09. The third kappa shape index (κ3) is 3.00. The fraction of sp³-hybridized carbons (Fsp3) is 0. The van der Waals surface area contributed by atoms with Crippen molar-refractivity contribution in [1.82, 2.24) is 4.98 Å². The van der Waals surface area contributed by atoms with Gasteiger partial charge in [-0.25, -0.2) is 24.0 Å². The van der Waals surface area contributed by atoms with Crippen LogP contribution in [0.4, 0.5) is 36.2 Å². The molecule has 0 bridgehead atoms. The maximum Gasteiger partial charge on any atom is 0.311 e. The number of benzene rings is 1. The van der Waals surface area contributed by atoms with Crippen LogP contribution in [0.1, 0.15) is 0 Å². The van der Waals surface area contributed by atoms with Gasteiger partial charge in [0.25, 0.3) is 0 Å². The summed E-state index contributed by atoms with van der Waals surface area (Å²) in [7, 11) is 0. The molecule has 7 nitrogen and oxygen atoms in total. The third-order valence-corrected chi connectivity index (χ3v) is 2.46. The number of nitrogens with two attached hydrogens (primary N) is 1. The minimum Gasteiger partial charge on any atom is -0.332 e. The molecule has 1 aromatic carbocycles. The molecule has 0 saturated carbocycles. The Balaban J connectivity index is 2.50. The quantitative estimate of drug-likeness (QED) is 0.346. The molecule has 110 valence electrons. The number of aromatic nitrogens is 1. The maximum atomic E-state index is 13.5. The highest BCUT2D eigenvalue weighted by atomic mass is 19.2. The first-order chi connectivity index (χ1) is 9.92. The van der Waals surface area contributed by atoms with Gasteiger partial charge in [-0.15, -0.1) is 0 Å². The van der Waals surface area contributed by atoms with Crippen LogP contribution in [0.15, 0.2) is 24.3 Å². The molecule has 0 amide bonds. The van der Waals surface area contributed by atoms with Crippen LogP contribution >= 0.6 is 0 Å². The molecule has 1 heterocycles. The number of nitrogen functional groups attached to an aromatic ring is 1. The van der Waals surface area contributed by atoms with E-state index in [4.69, 9.17) is 5.84 Å². The molecule has 0 aliphatic carbocycles. The number of hydrogen-bond donors (Lipinski definition) is 3. The van der Waals surface area contributed by atoms with E-state index in [0.29, 0.717) is 12.1 Å². The summed E-state index contributed by atoms with van der Waals surface area (Å²) >= 11 is 0. The molecule has 0 saturated heterocycles. The fourth-order valence-electron chi connectivity index (χ4n) is 1.55. The van der Waals surface area contributed by atoms with Crippen molar-refractivity contribution in [3.05, 3.63) is 51.8 Å². The minimum absolute atomic E-state index is 0.0420. The summed E-state index contributed by atoms with van der Waals surface area (Å²) in [6.45, 7) is 0. The second-order valence-corrected chi connectivity index (χ2v) is 3.84. The second-order valence-electron chi connectivity index (χ2n) is 3.84. The predicted molar refractivity (Wildman–Crippen MR) is 68.3 cm³/mol. The highest BCUT2D eigenvalue weighted by Gasteiger charge is 2.19. The number of hydrogen-bond acceptors (Lipinski definition) is 6. The van der Waals surface area contributed by atoms with E-state index in [1.165, 1.54) is 6.07 Å². The van der Waals surface area contributed by atoms with Crippen molar-refractivity contribution >= 4 is 23.0 Å². The summed E-state index contributed by atoms with van der Waals surface area (Å²) < 4.78 is 39.7. The lowest BCUT2D eigenvalue weighted by Crippen LogP contribution is -2.10.